The standard InChI is InChI=1S/C13H12BrFN2O2S/c1-3-19-13(18)10-7(2)17-20-12(10)16-11-8(14)5-4-6-9(11)15/h4-6,16H,3H2,1-2H3. The fourth-order valence-corrected chi connectivity index (χ4v) is 2.86. The first kappa shape index (κ1) is 14.9. The SMILES string of the molecule is CCOC(=O)c1c(C)nsc1Nc1c(F)cccc1Br. The van der Waals surface area contributed by atoms with Crippen molar-refractivity contribution < 1.29 is 13.9 Å². The lowest BCUT2D eigenvalue weighted by Crippen LogP contribution is -2.08. The summed E-state index contributed by atoms with van der Waals surface area (Å²) in [6.45, 7) is 3.72. The highest BCUT2D eigenvalue weighted by Crippen LogP contribution is 2.33. The first-order valence-corrected chi connectivity index (χ1v) is 7.45. The van der Waals surface area contributed by atoms with Crippen LogP contribution in [0.4, 0.5) is 15.1 Å². The fraction of sp³-hybridized carbons (Fsp3) is 0.231. The van der Waals surface area contributed by atoms with Crippen molar-refractivity contribution in [1.29, 1.82) is 0 Å². The van der Waals surface area contributed by atoms with Gasteiger partial charge < -0.3 is 10.1 Å². The molecule has 0 aliphatic rings. The van der Waals surface area contributed by atoms with E-state index >= 15 is 0 Å². The maximum absolute atomic E-state index is 13.8. The Balaban J connectivity index is 2.38. The number of halogens is 2. The van der Waals surface area contributed by atoms with Gasteiger partial charge in [-0.2, -0.15) is 4.37 Å². The zero-order valence-electron chi connectivity index (χ0n) is 10.9. The van der Waals surface area contributed by atoms with Gasteiger partial charge in [-0.05, 0) is 53.4 Å². The number of carbonyl (C=O) groups is 1. The molecule has 2 aromatic rings. The third-order valence-electron chi connectivity index (χ3n) is 2.54. The lowest BCUT2D eigenvalue weighted by molar-refractivity contribution is 0.0527. The first-order valence-electron chi connectivity index (χ1n) is 5.89. The topological polar surface area (TPSA) is 51.2 Å². The predicted octanol–water partition coefficient (Wildman–Crippen LogP) is 4.27. The van der Waals surface area contributed by atoms with Crippen LogP contribution in [0.5, 0.6) is 0 Å². The number of carbonyl (C=O) groups excluding carboxylic acids is 1. The molecule has 0 amide bonds. The Morgan fingerprint density at radius 1 is 1.55 bits per heavy atom. The maximum atomic E-state index is 13.8. The molecule has 4 nitrogen and oxygen atoms in total. The molecule has 1 aromatic heterocycles. The largest absolute Gasteiger partial charge is 0.462 e. The third kappa shape index (κ3) is 2.99. The van der Waals surface area contributed by atoms with Crippen molar-refractivity contribution in [2.75, 3.05) is 11.9 Å². The van der Waals surface area contributed by atoms with Gasteiger partial charge in [0.1, 0.15) is 16.4 Å². The van der Waals surface area contributed by atoms with Crippen molar-refractivity contribution in [3.05, 3.63) is 39.7 Å². The molecule has 0 spiro atoms. The molecule has 20 heavy (non-hydrogen) atoms. The van der Waals surface area contributed by atoms with E-state index in [1.165, 1.54) is 6.07 Å². The Kier molecular flexibility index (Phi) is 4.72. The van der Waals surface area contributed by atoms with Gasteiger partial charge in [-0.25, -0.2) is 9.18 Å². The van der Waals surface area contributed by atoms with Crippen LogP contribution in [0.2, 0.25) is 0 Å². The van der Waals surface area contributed by atoms with Crippen molar-refractivity contribution in [1.82, 2.24) is 4.37 Å². The van der Waals surface area contributed by atoms with E-state index in [2.05, 4.69) is 25.6 Å². The third-order valence-corrected chi connectivity index (χ3v) is 4.06. The summed E-state index contributed by atoms with van der Waals surface area (Å²) in [5, 5.41) is 3.37. The molecular weight excluding hydrogens is 347 g/mol. The van der Waals surface area contributed by atoms with Crippen LogP contribution in [0, 0.1) is 12.7 Å². The number of rotatable bonds is 4. The second-order valence-electron chi connectivity index (χ2n) is 3.91. The summed E-state index contributed by atoms with van der Waals surface area (Å²) >= 11 is 4.36. The molecule has 1 aromatic carbocycles. The van der Waals surface area contributed by atoms with E-state index in [0.717, 1.165) is 11.5 Å². The lowest BCUT2D eigenvalue weighted by atomic mass is 10.2. The molecule has 1 heterocycles. The second-order valence-corrected chi connectivity index (χ2v) is 5.54. The normalized spacial score (nSPS) is 10.4. The molecule has 0 bridgehead atoms. The van der Waals surface area contributed by atoms with Crippen LogP contribution in [0.15, 0.2) is 22.7 Å². The van der Waals surface area contributed by atoms with Gasteiger partial charge >= 0.3 is 5.97 Å². The zero-order valence-corrected chi connectivity index (χ0v) is 13.3. The second kappa shape index (κ2) is 6.32. The van der Waals surface area contributed by atoms with Crippen molar-refractivity contribution in [3.8, 4) is 0 Å². The van der Waals surface area contributed by atoms with Crippen molar-refractivity contribution in [2.24, 2.45) is 0 Å². The monoisotopic (exact) mass is 358 g/mol. The van der Waals surface area contributed by atoms with Crippen LogP contribution in [0.25, 0.3) is 0 Å². The van der Waals surface area contributed by atoms with Crippen molar-refractivity contribution >= 4 is 44.1 Å². The van der Waals surface area contributed by atoms with Crippen LogP contribution < -0.4 is 5.32 Å². The molecule has 0 radical (unpaired) electrons. The molecule has 0 fully saturated rings. The number of hydrogen-bond donors (Lipinski definition) is 1. The number of para-hydroxylation sites is 1. The van der Waals surface area contributed by atoms with Gasteiger partial charge in [-0.15, -0.1) is 0 Å². The van der Waals surface area contributed by atoms with Crippen molar-refractivity contribution in [3.63, 3.8) is 0 Å². The summed E-state index contributed by atoms with van der Waals surface area (Å²) in [5.74, 6) is -0.881. The average Bonchev–Trinajstić information content (AvgIpc) is 2.75. The van der Waals surface area contributed by atoms with Gasteiger partial charge in [-0.3, -0.25) is 0 Å². The van der Waals surface area contributed by atoms with E-state index < -0.39 is 11.8 Å². The Hall–Kier alpha value is -1.47. The summed E-state index contributed by atoms with van der Waals surface area (Å²) in [4.78, 5) is 11.9. The van der Waals surface area contributed by atoms with Crippen molar-refractivity contribution in [2.45, 2.75) is 13.8 Å². The summed E-state index contributed by atoms with van der Waals surface area (Å²) < 4.78 is 23.5. The summed E-state index contributed by atoms with van der Waals surface area (Å²) in [7, 11) is 0. The molecule has 0 unspecified atom stereocenters. The highest BCUT2D eigenvalue weighted by molar-refractivity contribution is 9.10. The number of benzene rings is 1. The Bertz CT molecular complexity index is 625. The molecule has 0 saturated heterocycles. The number of anilines is 2. The van der Waals surface area contributed by atoms with Gasteiger partial charge in [0, 0.05) is 4.47 Å². The molecule has 0 atom stereocenters. The highest BCUT2D eigenvalue weighted by atomic mass is 79.9. The Morgan fingerprint density at radius 3 is 2.95 bits per heavy atom. The van der Waals surface area contributed by atoms with E-state index in [9.17, 15) is 9.18 Å². The van der Waals surface area contributed by atoms with E-state index in [-0.39, 0.29) is 12.3 Å². The number of ether oxygens (including phenoxy) is 1. The molecule has 7 heteroatoms. The summed E-state index contributed by atoms with van der Waals surface area (Å²) in [5.41, 5.74) is 1.16. The minimum atomic E-state index is -0.464. The van der Waals surface area contributed by atoms with Crippen LogP contribution in [-0.2, 0) is 4.74 Å². The van der Waals surface area contributed by atoms with Crippen LogP contribution in [0.3, 0.4) is 0 Å². The molecular formula is C13H12BrFN2O2S. The molecule has 0 aliphatic heterocycles. The number of hydrogen-bond acceptors (Lipinski definition) is 5. The van der Waals surface area contributed by atoms with Gasteiger partial charge in [-0.1, -0.05) is 6.07 Å². The summed E-state index contributed by atoms with van der Waals surface area (Å²) in [6, 6.07) is 4.64. The van der Waals surface area contributed by atoms with Crippen LogP contribution in [-0.4, -0.2) is 16.9 Å². The van der Waals surface area contributed by atoms with Gasteiger partial charge in [0.2, 0.25) is 0 Å². The smallest absolute Gasteiger partial charge is 0.343 e. The zero-order chi connectivity index (χ0) is 14.7. The summed E-state index contributed by atoms with van der Waals surface area (Å²) in [6.07, 6.45) is 0. The number of esters is 1. The van der Waals surface area contributed by atoms with E-state index in [0.29, 0.717) is 20.7 Å². The maximum Gasteiger partial charge on any atom is 0.343 e. The number of nitrogens with one attached hydrogen (secondary N) is 1. The number of nitrogens with zero attached hydrogens (tertiary/aromatic N) is 1. The van der Waals surface area contributed by atoms with Gasteiger partial charge in [0.15, 0.2) is 0 Å². The number of aromatic nitrogens is 1. The van der Waals surface area contributed by atoms with Crippen LogP contribution >= 0.6 is 27.5 Å². The van der Waals surface area contributed by atoms with Gasteiger partial charge in [0.05, 0.1) is 18.0 Å². The van der Waals surface area contributed by atoms with Crippen LogP contribution in [0.1, 0.15) is 23.0 Å². The molecule has 2 rings (SSSR count). The quantitative estimate of drug-likeness (QED) is 0.829. The number of aryl methyl sites for hydroxylation is 1. The molecule has 106 valence electrons. The highest BCUT2D eigenvalue weighted by Gasteiger charge is 2.21. The van der Waals surface area contributed by atoms with E-state index in [1.807, 2.05) is 0 Å². The predicted molar refractivity (Wildman–Crippen MR) is 80.2 cm³/mol. The molecule has 1 N–H and O–H groups in total. The lowest BCUT2D eigenvalue weighted by Gasteiger charge is -2.09. The fourth-order valence-electron chi connectivity index (χ4n) is 1.63. The molecule has 0 aliphatic carbocycles. The van der Waals surface area contributed by atoms with E-state index in [1.54, 1.807) is 26.0 Å². The minimum absolute atomic E-state index is 0.265. The Labute approximate surface area is 128 Å². The minimum Gasteiger partial charge on any atom is -0.462 e. The average molecular weight is 359 g/mol. The molecule has 0 saturated carbocycles. The first-order chi connectivity index (χ1) is 9.54. The Morgan fingerprint density at radius 2 is 2.30 bits per heavy atom. The van der Waals surface area contributed by atoms with E-state index in [4.69, 9.17) is 4.74 Å². The van der Waals surface area contributed by atoms with Gasteiger partial charge in [0.25, 0.3) is 0 Å².